The van der Waals surface area contributed by atoms with Gasteiger partial charge >= 0.3 is 0 Å². The van der Waals surface area contributed by atoms with Gasteiger partial charge < -0.3 is 10.2 Å². The second-order valence-corrected chi connectivity index (χ2v) is 12.2. The van der Waals surface area contributed by atoms with Crippen LogP contribution in [0.1, 0.15) is 34.5 Å². The summed E-state index contributed by atoms with van der Waals surface area (Å²) < 4.78 is 25.0. The van der Waals surface area contributed by atoms with Crippen molar-refractivity contribution >= 4 is 44.4 Å². The molecule has 0 aliphatic carbocycles. The summed E-state index contributed by atoms with van der Waals surface area (Å²) in [6.07, 6.45) is 5.41. The highest BCUT2D eigenvalue weighted by molar-refractivity contribution is 7.89. The van der Waals surface area contributed by atoms with Gasteiger partial charge in [0.15, 0.2) is 5.13 Å². The Balaban J connectivity index is 1.30. The summed E-state index contributed by atoms with van der Waals surface area (Å²) in [6, 6.07) is 17.1. The smallest absolute Gasteiger partial charge is 0.256 e. The Hall–Kier alpha value is -4.02. The van der Waals surface area contributed by atoms with E-state index in [9.17, 15) is 18.0 Å². The van der Waals surface area contributed by atoms with Gasteiger partial charge in [0, 0.05) is 29.4 Å². The molecule has 0 radical (unpaired) electrons. The van der Waals surface area contributed by atoms with Crippen LogP contribution in [0.5, 0.6) is 0 Å². The molecule has 0 saturated carbocycles. The van der Waals surface area contributed by atoms with E-state index in [-0.39, 0.29) is 17.4 Å². The number of carbonyl (C=O) groups excluding carboxylic acids is 2. The highest BCUT2D eigenvalue weighted by Gasteiger charge is 2.35. The van der Waals surface area contributed by atoms with Gasteiger partial charge in [-0.25, -0.2) is 17.4 Å². The number of thiazole rings is 1. The molecule has 4 aromatic rings. The first-order chi connectivity index (χ1) is 18.6. The van der Waals surface area contributed by atoms with E-state index in [0.717, 1.165) is 38.2 Å². The Bertz CT molecular complexity index is 1670. The Morgan fingerprint density at radius 3 is 2.54 bits per heavy atom. The average molecular weight is 561 g/mol. The summed E-state index contributed by atoms with van der Waals surface area (Å²) in [6.45, 7) is 5.84. The molecule has 1 saturated heterocycles. The highest BCUT2D eigenvalue weighted by atomic mass is 32.2. The molecule has 39 heavy (non-hydrogen) atoms. The van der Waals surface area contributed by atoms with Crippen LogP contribution in [0, 0.1) is 6.92 Å². The highest BCUT2D eigenvalue weighted by Crippen LogP contribution is 2.30. The third-order valence-electron chi connectivity index (χ3n) is 6.76. The minimum absolute atomic E-state index is 0.244. The van der Waals surface area contributed by atoms with Gasteiger partial charge in [-0.15, -0.1) is 11.3 Å². The number of rotatable bonds is 7. The number of nitrogens with zero attached hydrogens (tertiary/aromatic N) is 3. The van der Waals surface area contributed by atoms with Crippen molar-refractivity contribution in [1.29, 1.82) is 0 Å². The minimum atomic E-state index is -3.53. The quantitative estimate of drug-likeness (QED) is 0.331. The fraction of sp³-hybridized carbons (Fsp3) is 0.207. The van der Waals surface area contributed by atoms with Gasteiger partial charge in [0.2, 0.25) is 15.9 Å². The van der Waals surface area contributed by atoms with Crippen LogP contribution >= 0.6 is 11.3 Å². The molecule has 0 spiro atoms. The number of aryl methyl sites for hydroxylation is 1. The summed E-state index contributed by atoms with van der Waals surface area (Å²) in [4.78, 5) is 32.5. The van der Waals surface area contributed by atoms with Crippen molar-refractivity contribution in [1.82, 2.24) is 13.9 Å². The second kappa shape index (κ2) is 10.6. The first-order valence-electron chi connectivity index (χ1n) is 12.4. The Morgan fingerprint density at radius 1 is 1.10 bits per heavy atom. The summed E-state index contributed by atoms with van der Waals surface area (Å²) in [5.41, 5.74) is 5.56. The minimum Gasteiger partial charge on any atom is -0.327 e. The fourth-order valence-corrected chi connectivity index (χ4v) is 6.40. The van der Waals surface area contributed by atoms with Crippen LogP contribution in [-0.4, -0.2) is 52.9 Å². The molecule has 5 rings (SSSR count). The number of nitrogens with one attached hydrogen (secondary N) is 1. The first-order valence-corrected chi connectivity index (χ1v) is 15.2. The predicted molar refractivity (Wildman–Crippen MR) is 155 cm³/mol. The molecular weight excluding hydrogens is 532 g/mol. The second-order valence-electron chi connectivity index (χ2n) is 9.52. The maximum absolute atomic E-state index is 13.2. The zero-order valence-electron chi connectivity index (χ0n) is 21.6. The predicted octanol–water partition coefficient (Wildman–Crippen LogP) is 5.28. The maximum atomic E-state index is 13.2. The molecule has 2 amide bonds. The van der Waals surface area contributed by atoms with Crippen LogP contribution < -0.4 is 5.32 Å². The van der Waals surface area contributed by atoms with E-state index in [1.54, 1.807) is 6.92 Å². The van der Waals surface area contributed by atoms with Gasteiger partial charge in [0.05, 0.1) is 17.5 Å². The third kappa shape index (κ3) is 5.57. The lowest BCUT2D eigenvalue weighted by Gasteiger charge is -2.23. The van der Waals surface area contributed by atoms with Crippen molar-refractivity contribution in [3.05, 3.63) is 89.6 Å². The van der Waals surface area contributed by atoms with Gasteiger partial charge in [0.1, 0.15) is 6.04 Å². The van der Waals surface area contributed by atoms with Gasteiger partial charge in [-0.3, -0.25) is 9.59 Å². The van der Waals surface area contributed by atoms with Crippen LogP contribution in [0.3, 0.4) is 0 Å². The van der Waals surface area contributed by atoms with E-state index in [1.807, 2.05) is 41.8 Å². The van der Waals surface area contributed by atoms with Crippen LogP contribution in [0.4, 0.5) is 5.13 Å². The van der Waals surface area contributed by atoms with E-state index in [2.05, 4.69) is 35.1 Å². The molecule has 0 unspecified atom stereocenters. The lowest BCUT2D eigenvalue weighted by Crippen LogP contribution is -2.43. The number of anilines is 1. The Morgan fingerprint density at radius 2 is 1.85 bits per heavy atom. The number of hydrogen-bond donors (Lipinski definition) is 1. The summed E-state index contributed by atoms with van der Waals surface area (Å²) >= 11 is 1.32. The van der Waals surface area contributed by atoms with E-state index in [4.69, 9.17) is 0 Å². The summed E-state index contributed by atoms with van der Waals surface area (Å²) in [5.74, 6) is -0.673. The van der Waals surface area contributed by atoms with Crippen molar-refractivity contribution < 1.29 is 18.0 Å². The van der Waals surface area contributed by atoms with Crippen LogP contribution in [-0.2, 0) is 14.8 Å². The standard InChI is InChI=1S/C29H28N4O4S2/c1-4-20-10-12-21(13-11-20)22-7-5-8-23(16-22)25-18-38-29(30-25)31-27(34)26-9-6-14-32(26)28(35)24-15-19(2)33(17-24)39(3,36)37/h4-5,7-8,10-13,15-18,26H,1,6,9,14H2,2-3H3,(H,30,31,34)/t26-/m0/s1. The van der Waals surface area contributed by atoms with E-state index >= 15 is 0 Å². The zero-order chi connectivity index (χ0) is 27.7. The van der Waals surface area contributed by atoms with Crippen LogP contribution in [0.15, 0.2) is 72.8 Å². The largest absolute Gasteiger partial charge is 0.327 e. The number of amides is 2. The molecule has 2 aromatic heterocycles. The summed E-state index contributed by atoms with van der Waals surface area (Å²) in [7, 11) is -3.53. The van der Waals surface area contributed by atoms with E-state index in [0.29, 0.717) is 30.2 Å². The molecule has 10 heteroatoms. The molecule has 3 heterocycles. The number of aromatic nitrogens is 2. The fourth-order valence-electron chi connectivity index (χ4n) is 4.80. The van der Waals surface area contributed by atoms with Gasteiger partial charge in [-0.05, 0) is 48.6 Å². The SMILES string of the molecule is C=Cc1ccc(-c2cccc(-c3csc(NC(=O)[C@@H]4CCCN4C(=O)c4cc(C)n(S(C)(=O)=O)c4)n3)c2)cc1. The monoisotopic (exact) mass is 560 g/mol. The van der Waals surface area contributed by atoms with Gasteiger partial charge in [0.25, 0.3) is 5.91 Å². The molecule has 1 aliphatic heterocycles. The van der Waals surface area contributed by atoms with Gasteiger partial charge in [-0.2, -0.15) is 0 Å². The topological polar surface area (TPSA) is 101 Å². The normalized spacial score (nSPS) is 15.3. The first kappa shape index (κ1) is 26.6. The van der Waals surface area contributed by atoms with Crippen molar-refractivity contribution in [2.24, 2.45) is 0 Å². The molecule has 0 bridgehead atoms. The zero-order valence-corrected chi connectivity index (χ0v) is 23.3. The number of benzene rings is 2. The lowest BCUT2D eigenvalue weighted by atomic mass is 10.0. The molecule has 1 N–H and O–H groups in total. The number of likely N-dealkylation sites (tertiary alicyclic amines) is 1. The number of hydrogen-bond acceptors (Lipinski definition) is 6. The number of carbonyl (C=O) groups is 2. The van der Waals surface area contributed by atoms with Crippen LogP contribution in [0.2, 0.25) is 0 Å². The van der Waals surface area contributed by atoms with Crippen molar-refractivity contribution in [2.75, 3.05) is 18.1 Å². The molecule has 8 nitrogen and oxygen atoms in total. The molecule has 1 atom stereocenters. The van der Waals surface area contributed by atoms with Gasteiger partial charge in [-0.1, -0.05) is 55.1 Å². The molecule has 1 fully saturated rings. The Kier molecular flexibility index (Phi) is 7.24. The van der Waals surface area contributed by atoms with Crippen molar-refractivity contribution in [3.8, 4) is 22.4 Å². The van der Waals surface area contributed by atoms with E-state index in [1.165, 1.54) is 28.5 Å². The van der Waals surface area contributed by atoms with Crippen molar-refractivity contribution in [3.63, 3.8) is 0 Å². The maximum Gasteiger partial charge on any atom is 0.256 e. The Labute approximate surface area is 231 Å². The third-order valence-corrected chi connectivity index (χ3v) is 8.63. The molecular formula is C29H28N4O4S2. The van der Waals surface area contributed by atoms with Crippen molar-refractivity contribution in [2.45, 2.75) is 25.8 Å². The van der Waals surface area contributed by atoms with E-state index < -0.39 is 16.1 Å². The molecule has 2 aromatic carbocycles. The lowest BCUT2D eigenvalue weighted by molar-refractivity contribution is -0.119. The molecule has 1 aliphatic rings. The average Bonchev–Trinajstić information content (AvgIpc) is 3.68. The summed E-state index contributed by atoms with van der Waals surface area (Å²) in [5, 5.41) is 5.22. The van der Waals surface area contributed by atoms with Crippen LogP contribution in [0.25, 0.3) is 28.5 Å². The molecule has 200 valence electrons.